The van der Waals surface area contributed by atoms with Crippen molar-refractivity contribution in [3.05, 3.63) is 76.4 Å². The summed E-state index contributed by atoms with van der Waals surface area (Å²) in [5.74, 6) is -0.757. The van der Waals surface area contributed by atoms with E-state index in [1.54, 1.807) is 48.5 Å². The molecule has 0 unspecified atom stereocenters. The SMILES string of the molecule is C[C@@H](NC(=O)c1ccc2cc(Cl)ccc2n1)c1ccc(C(N)=O)cc1. The molecular formula is C19H16ClN3O2. The van der Waals surface area contributed by atoms with Crippen LogP contribution in [0.1, 0.15) is 39.4 Å². The molecule has 1 heterocycles. The van der Waals surface area contributed by atoms with Gasteiger partial charge >= 0.3 is 0 Å². The summed E-state index contributed by atoms with van der Waals surface area (Å²) in [4.78, 5) is 27.9. The van der Waals surface area contributed by atoms with Crippen molar-refractivity contribution in [1.29, 1.82) is 0 Å². The highest BCUT2D eigenvalue weighted by Crippen LogP contribution is 2.19. The second-order valence-electron chi connectivity index (χ2n) is 5.71. The van der Waals surface area contributed by atoms with Crippen LogP contribution in [0.4, 0.5) is 0 Å². The zero-order valence-electron chi connectivity index (χ0n) is 13.5. The summed E-state index contributed by atoms with van der Waals surface area (Å²) in [6, 6.07) is 15.4. The van der Waals surface area contributed by atoms with Gasteiger partial charge in [-0.05, 0) is 48.9 Å². The first kappa shape index (κ1) is 16.9. The van der Waals surface area contributed by atoms with Crippen LogP contribution in [0.2, 0.25) is 5.02 Å². The third kappa shape index (κ3) is 3.78. The Hall–Kier alpha value is -2.92. The molecule has 126 valence electrons. The Morgan fingerprint density at radius 3 is 2.48 bits per heavy atom. The van der Waals surface area contributed by atoms with Crippen LogP contribution in [0.15, 0.2) is 54.6 Å². The second kappa shape index (κ2) is 6.91. The van der Waals surface area contributed by atoms with Crippen molar-refractivity contribution in [3.8, 4) is 0 Å². The Bertz CT molecular complexity index is 955. The summed E-state index contributed by atoms with van der Waals surface area (Å²) in [7, 11) is 0. The van der Waals surface area contributed by atoms with E-state index in [-0.39, 0.29) is 11.9 Å². The van der Waals surface area contributed by atoms with Crippen LogP contribution in [0.25, 0.3) is 10.9 Å². The summed E-state index contributed by atoms with van der Waals surface area (Å²) in [5, 5.41) is 4.39. The molecule has 0 radical (unpaired) electrons. The number of nitrogens with one attached hydrogen (secondary N) is 1. The highest BCUT2D eigenvalue weighted by Gasteiger charge is 2.13. The van der Waals surface area contributed by atoms with Crippen LogP contribution in [0.3, 0.4) is 0 Å². The molecule has 2 aromatic carbocycles. The minimum absolute atomic E-state index is 0.239. The van der Waals surface area contributed by atoms with E-state index >= 15 is 0 Å². The minimum atomic E-state index is -0.483. The molecule has 0 spiro atoms. The molecule has 0 aliphatic rings. The highest BCUT2D eigenvalue weighted by molar-refractivity contribution is 6.31. The fourth-order valence-corrected chi connectivity index (χ4v) is 2.69. The van der Waals surface area contributed by atoms with E-state index in [1.165, 1.54) is 0 Å². The van der Waals surface area contributed by atoms with Crippen LogP contribution in [-0.4, -0.2) is 16.8 Å². The second-order valence-corrected chi connectivity index (χ2v) is 6.15. The Morgan fingerprint density at radius 1 is 1.08 bits per heavy atom. The molecule has 0 saturated heterocycles. The number of halogens is 1. The molecule has 1 aromatic heterocycles. The Labute approximate surface area is 149 Å². The van der Waals surface area contributed by atoms with Crippen LogP contribution in [0.5, 0.6) is 0 Å². The zero-order valence-corrected chi connectivity index (χ0v) is 14.2. The summed E-state index contributed by atoms with van der Waals surface area (Å²) < 4.78 is 0. The number of primary amides is 1. The highest BCUT2D eigenvalue weighted by atomic mass is 35.5. The Kier molecular flexibility index (Phi) is 4.67. The lowest BCUT2D eigenvalue weighted by molar-refractivity contribution is 0.0934. The molecule has 0 aliphatic carbocycles. The summed E-state index contributed by atoms with van der Waals surface area (Å²) in [6.07, 6.45) is 0. The van der Waals surface area contributed by atoms with E-state index in [2.05, 4.69) is 10.3 Å². The quantitative estimate of drug-likeness (QED) is 0.753. The average Bonchev–Trinajstić information content (AvgIpc) is 2.61. The molecule has 0 bridgehead atoms. The maximum Gasteiger partial charge on any atom is 0.270 e. The first-order valence-electron chi connectivity index (χ1n) is 7.71. The lowest BCUT2D eigenvalue weighted by atomic mass is 10.1. The molecule has 5 nitrogen and oxygen atoms in total. The maximum atomic E-state index is 12.4. The number of hydrogen-bond acceptors (Lipinski definition) is 3. The summed E-state index contributed by atoms with van der Waals surface area (Å²) >= 11 is 5.95. The number of pyridine rings is 1. The normalized spacial score (nSPS) is 11.9. The number of amides is 2. The number of rotatable bonds is 4. The maximum absolute atomic E-state index is 12.4. The summed E-state index contributed by atoms with van der Waals surface area (Å²) in [6.45, 7) is 1.86. The van der Waals surface area contributed by atoms with E-state index in [0.717, 1.165) is 10.9 Å². The first-order valence-corrected chi connectivity index (χ1v) is 8.09. The van der Waals surface area contributed by atoms with Crippen molar-refractivity contribution >= 4 is 34.3 Å². The molecule has 1 atom stereocenters. The van der Waals surface area contributed by atoms with Crippen molar-refractivity contribution in [3.63, 3.8) is 0 Å². The third-order valence-corrected chi connectivity index (χ3v) is 4.16. The van der Waals surface area contributed by atoms with Crippen molar-refractivity contribution in [1.82, 2.24) is 10.3 Å². The van der Waals surface area contributed by atoms with Gasteiger partial charge in [-0.25, -0.2) is 4.98 Å². The van der Waals surface area contributed by atoms with Crippen molar-refractivity contribution in [2.75, 3.05) is 0 Å². The van der Waals surface area contributed by atoms with Gasteiger partial charge in [0.1, 0.15) is 5.69 Å². The van der Waals surface area contributed by atoms with Crippen LogP contribution in [-0.2, 0) is 0 Å². The molecule has 0 fully saturated rings. The Balaban J connectivity index is 1.76. The van der Waals surface area contributed by atoms with Gasteiger partial charge in [0.15, 0.2) is 0 Å². The van der Waals surface area contributed by atoms with Crippen LogP contribution in [0, 0.1) is 0 Å². The minimum Gasteiger partial charge on any atom is -0.366 e. The van der Waals surface area contributed by atoms with E-state index < -0.39 is 5.91 Å². The van der Waals surface area contributed by atoms with Gasteiger partial charge in [-0.2, -0.15) is 0 Å². The van der Waals surface area contributed by atoms with E-state index in [4.69, 9.17) is 17.3 Å². The number of nitrogens with zero attached hydrogens (tertiary/aromatic N) is 1. The monoisotopic (exact) mass is 353 g/mol. The number of nitrogens with two attached hydrogens (primary N) is 1. The number of aromatic nitrogens is 1. The number of benzene rings is 2. The molecule has 25 heavy (non-hydrogen) atoms. The fourth-order valence-electron chi connectivity index (χ4n) is 2.51. The van der Waals surface area contributed by atoms with E-state index in [0.29, 0.717) is 21.8 Å². The van der Waals surface area contributed by atoms with Crippen LogP contribution >= 0.6 is 11.6 Å². The fraction of sp³-hybridized carbons (Fsp3) is 0.105. The van der Waals surface area contributed by atoms with E-state index in [1.807, 2.05) is 13.0 Å². The molecule has 0 aliphatic heterocycles. The van der Waals surface area contributed by atoms with Gasteiger partial charge < -0.3 is 11.1 Å². The first-order chi connectivity index (χ1) is 11.9. The Morgan fingerprint density at radius 2 is 1.80 bits per heavy atom. The molecule has 2 amide bonds. The third-order valence-electron chi connectivity index (χ3n) is 3.93. The lowest BCUT2D eigenvalue weighted by Crippen LogP contribution is -2.27. The zero-order chi connectivity index (χ0) is 18.0. The predicted molar refractivity (Wildman–Crippen MR) is 97.6 cm³/mol. The molecule has 3 rings (SSSR count). The van der Waals surface area contributed by atoms with Gasteiger partial charge in [-0.1, -0.05) is 29.8 Å². The van der Waals surface area contributed by atoms with Gasteiger partial charge in [0, 0.05) is 16.0 Å². The van der Waals surface area contributed by atoms with Gasteiger partial charge in [-0.3, -0.25) is 9.59 Å². The molecule has 6 heteroatoms. The topological polar surface area (TPSA) is 85.1 Å². The van der Waals surface area contributed by atoms with Crippen molar-refractivity contribution in [2.45, 2.75) is 13.0 Å². The van der Waals surface area contributed by atoms with Gasteiger partial charge in [-0.15, -0.1) is 0 Å². The average molecular weight is 354 g/mol. The molecule has 0 saturated carbocycles. The number of carbonyl (C=O) groups is 2. The molecular weight excluding hydrogens is 338 g/mol. The van der Waals surface area contributed by atoms with E-state index in [9.17, 15) is 9.59 Å². The largest absolute Gasteiger partial charge is 0.366 e. The smallest absolute Gasteiger partial charge is 0.270 e. The number of hydrogen-bond donors (Lipinski definition) is 2. The van der Waals surface area contributed by atoms with Crippen molar-refractivity contribution in [2.24, 2.45) is 5.73 Å². The van der Waals surface area contributed by atoms with Crippen LogP contribution < -0.4 is 11.1 Å². The number of fused-ring (bicyclic) bond motifs is 1. The molecule has 3 aromatic rings. The summed E-state index contributed by atoms with van der Waals surface area (Å²) in [5.41, 5.74) is 7.55. The number of carbonyl (C=O) groups excluding carboxylic acids is 2. The van der Waals surface area contributed by atoms with Gasteiger partial charge in [0.2, 0.25) is 5.91 Å². The van der Waals surface area contributed by atoms with Gasteiger partial charge in [0.05, 0.1) is 11.6 Å². The molecule has 3 N–H and O–H groups in total. The van der Waals surface area contributed by atoms with Gasteiger partial charge in [0.25, 0.3) is 5.91 Å². The standard InChI is InChI=1S/C19H16ClN3O2/c1-11(12-2-4-13(5-3-12)18(21)24)22-19(25)17-8-6-14-10-15(20)7-9-16(14)23-17/h2-11H,1H3,(H2,21,24)(H,22,25)/t11-/m1/s1. The predicted octanol–water partition coefficient (Wildman–Crippen LogP) is 3.48. The van der Waals surface area contributed by atoms with Crippen molar-refractivity contribution < 1.29 is 9.59 Å². The lowest BCUT2D eigenvalue weighted by Gasteiger charge is -2.14.